The Morgan fingerprint density at radius 1 is 1.04 bits per heavy atom. The topological polar surface area (TPSA) is 64.1 Å². The molecule has 0 bridgehead atoms. The Balaban J connectivity index is 0.00000529. The average Bonchev–Trinajstić information content (AvgIpc) is 2.51. The molecule has 7 heteroatoms. The number of hydrogen-bond acceptors (Lipinski definition) is 4. The van der Waals surface area contributed by atoms with Crippen LogP contribution in [-0.2, 0) is 6.42 Å². The smallest absolute Gasteiger partial charge is 0.203 e. The Kier molecular flexibility index (Phi) is 9.88. The molecule has 1 aromatic rings. The molecule has 0 amide bonds. The zero-order chi connectivity index (χ0) is 17.5. The Labute approximate surface area is 162 Å². The van der Waals surface area contributed by atoms with Crippen LogP contribution in [0.25, 0.3) is 0 Å². The molecule has 1 aromatic carbocycles. The molecule has 0 saturated heterocycles. The largest absolute Gasteiger partial charge is 0.493 e. The van der Waals surface area contributed by atoms with Gasteiger partial charge in [0.2, 0.25) is 5.75 Å². The zero-order valence-electron chi connectivity index (χ0n) is 15.6. The fraction of sp³-hybridized carbons (Fsp3) is 0.588. The van der Waals surface area contributed by atoms with Crippen molar-refractivity contribution in [3.63, 3.8) is 0 Å². The molecular weight excluding hydrogens is 421 g/mol. The van der Waals surface area contributed by atoms with Crippen LogP contribution in [0.15, 0.2) is 17.1 Å². The van der Waals surface area contributed by atoms with Gasteiger partial charge in [-0.3, -0.25) is 4.99 Å². The SMILES string of the molecule is CN=C(NCCc1ccc(OC)c(OC)c1OC)NC(C)(C)C.I. The first-order chi connectivity index (χ1) is 10.9. The third-order valence-electron chi connectivity index (χ3n) is 3.19. The number of methoxy groups -OCH3 is 3. The molecule has 24 heavy (non-hydrogen) atoms. The number of aliphatic imine (C=N–C) groups is 1. The normalized spacial score (nSPS) is 11.4. The fourth-order valence-corrected chi connectivity index (χ4v) is 2.21. The van der Waals surface area contributed by atoms with Crippen LogP contribution in [0.1, 0.15) is 26.3 Å². The molecule has 0 radical (unpaired) electrons. The van der Waals surface area contributed by atoms with Crippen molar-refractivity contribution < 1.29 is 14.2 Å². The molecule has 138 valence electrons. The number of benzene rings is 1. The van der Waals surface area contributed by atoms with E-state index in [1.807, 2.05) is 12.1 Å². The van der Waals surface area contributed by atoms with E-state index in [0.717, 1.165) is 24.5 Å². The van der Waals surface area contributed by atoms with Crippen LogP contribution in [-0.4, -0.2) is 46.4 Å². The molecule has 0 unspecified atom stereocenters. The third-order valence-corrected chi connectivity index (χ3v) is 3.19. The second kappa shape index (κ2) is 10.5. The predicted molar refractivity (Wildman–Crippen MR) is 109 cm³/mol. The van der Waals surface area contributed by atoms with Gasteiger partial charge in [-0.2, -0.15) is 0 Å². The summed E-state index contributed by atoms with van der Waals surface area (Å²) in [6, 6.07) is 3.88. The van der Waals surface area contributed by atoms with Crippen LogP contribution in [0, 0.1) is 0 Å². The maximum atomic E-state index is 5.50. The van der Waals surface area contributed by atoms with Crippen molar-refractivity contribution in [3.05, 3.63) is 17.7 Å². The van der Waals surface area contributed by atoms with Crippen molar-refractivity contribution >= 4 is 29.9 Å². The van der Waals surface area contributed by atoms with Gasteiger partial charge in [0, 0.05) is 24.7 Å². The van der Waals surface area contributed by atoms with Gasteiger partial charge in [0.15, 0.2) is 17.5 Å². The van der Waals surface area contributed by atoms with Crippen LogP contribution in [0.3, 0.4) is 0 Å². The van der Waals surface area contributed by atoms with Crippen LogP contribution in [0.2, 0.25) is 0 Å². The first-order valence-electron chi connectivity index (χ1n) is 7.63. The molecule has 0 aliphatic heterocycles. The number of hydrogen-bond donors (Lipinski definition) is 2. The lowest BCUT2D eigenvalue weighted by molar-refractivity contribution is 0.322. The van der Waals surface area contributed by atoms with Gasteiger partial charge in [-0.15, -0.1) is 24.0 Å². The third kappa shape index (κ3) is 6.62. The van der Waals surface area contributed by atoms with Crippen molar-refractivity contribution in [2.24, 2.45) is 4.99 Å². The van der Waals surface area contributed by atoms with E-state index in [0.29, 0.717) is 17.2 Å². The molecule has 0 atom stereocenters. The average molecular weight is 451 g/mol. The summed E-state index contributed by atoms with van der Waals surface area (Å²) in [7, 11) is 6.62. The highest BCUT2D eigenvalue weighted by atomic mass is 127. The van der Waals surface area contributed by atoms with Gasteiger partial charge in [0.05, 0.1) is 21.3 Å². The maximum absolute atomic E-state index is 5.50. The summed E-state index contributed by atoms with van der Waals surface area (Å²) in [5.41, 5.74) is 1.01. The molecule has 0 aromatic heterocycles. The number of nitrogens with one attached hydrogen (secondary N) is 2. The molecule has 0 aliphatic carbocycles. The Morgan fingerprint density at radius 3 is 2.12 bits per heavy atom. The first kappa shape index (κ1) is 22.6. The molecule has 0 fully saturated rings. The fourth-order valence-electron chi connectivity index (χ4n) is 2.21. The first-order valence-corrected chi connectivity index (χ1v) is 7.63. The van der Waals surface area contributed by atoms with Crippen LogP contribution >= 0.6 is 24.0 Å². The van der Waals surface area contributed by atoms with Gasteiger partial charge in [-0.1, -0.05) is 6.07 Å². The van der Waals surface area contributed by atoms with E-state index in [-0.39, 0.29) is 29.5 Å². The summed E-state index contributed by atoms with van der Waals surface area (Å²) in [5, 5.41) is 6.63. The molecule has 0 spiro atoms. The van der Waals surface area contributed by atoms with Gasteiger partial charge in [0.25, 0.3) is 0 Å². The molecule has 0 heterocycles. The highest BCUT2D eigenvalue weighted by Gasteiger charge is 2.16. The molecular formula is C17H30IN3O3. The lowest BCUT2D eigenvalue weighted by Crippen LogP contribution is -2.48. The van der Waals surface area contributed by atoms with Gasteiger partial charge >= 0.3 is 0 Å². The van der Waals surface area contributed by atoms with Gasteiger partial charge < -0.3 is 24.8 Å². The molecule has 1 rings (SSSR count). The highest BCUT2D eigenvalue weighted by molar-refractivity contribution is 14.0. The van der Waals surface area contributed by atoms with E-state index in [9.17, 15) is 0 Å². The highest BCUT2D eigenvalue weighted by Crippen LogP contribution is 2.39. The maximum Gasteiger partial charge on any atom is 0.203 e. The zero-order valence-corrected chi connectivity index (χ0v) is 18.0. The number of rotatable bonds is 6. The van der Waals surface area contributed by atoms with Crippen LogP contribution in [0.5, 0.6) is 17.2 Å². The van der Waals surface area contributed by atoms with Crippen LogP contribution < -0.4 is 24.8 Å². The van der Waals surface area contributed by atoms with E-state index in [1.165, 1.54) is 0 Å². The van der Waals surface area contributed by atoms with Crippen molar-refractivity contribution in [1.29, 1.82) is 0 Å². The minimum Gasteiger partial charge on any atom is -0.493 e. The Hall–Kier alpha value is -1.38. The Morgan fingerprint density at radius 2 is 1.67 bits per heavy atom. The second-order valence-electron chi connectivity index (χ2n) is 6.12. The predicted octanol–water partition coefficient (Wildman–Crippen LogP) is 2.84. The van der Waals surface area contributed by atoms with E-state index in [2.05, 4.69) is 36.4 Å². The minimum atomic E-state index is -0.0388. The summed E-state index contributed by atoms with van der Waals surface area (Å²) in [4.78, 5) is 4.23. The van der Waals surface area contributed by atoms with E-state index in [1.54, 1.807) is 28.4 Å². The van der Waals surface area contributed by atoms with E-state index >= 15 is 0 Å². The molecule has 6 nitrogen and oxygen atoms in total. The summed E-state index contributed by atoms with van der Waals surface area (Å²) in [6.07, 6.45) is 0.772. The second-order valence-corrected chi connectivity index (χ2v) is 6.12. The van der Waals surface area contributed by atoms with Crippen molar-refractivity contribution in [2.75, 3.05) is 34.9 Å². The summed E-state index contributed by atoms with van der Waals surface area (Å²) in [6.45, 7) is 7.01. The van der Waals surface area contributed by atoms with Crippen molar-refractivity contribution in [3.8, 4) is 17.2 Å². The van der Waals surface area contributed by atoms with Gasteiger partial charge in [-0.05, 0) is 33.3 Å². The van der Waals surface area contributed by atoms with Crippen molar-refractivity contribution in [1.82, 2.24) is 10.6 Å². The van der Waals surface area contributed by atoms with Crippen molar-refractivity contribution in [2.45, 2.75) is 32.7 Å². The number of halogens is 1. The van der Waals surface area contributed by atoms with Gasteiger partial charge in [0.1, 0.15) is 0 Å². The number of guanidine groups is 1. The number of nitrogens with zero attached hydrogens (tertiary/aromatic N) is 1. The van der Waals surface area contributed by atoms with E-state index in [4.69, 9.17) is 14.2 Å². The lowest BCUT2D eigenvalue weighted by Gasteiger charge is -2.24. The van der Waals surface area contributed by atoms with Gasteiger partial charge in [-0.25, -0.2) is 0 Å². The molecule has 2 N–H and O–H groups in total. The quantitative estimate of drug-likeness (QED) is 0.396. The standard InChI is InChI=1S/C17H29N3O3.HI/c1-17(2,3)20-16(18-4)19-11-10-12-8-9-13(21-5)15(23-7)14(12)22-6;/h8-9H,10-11H2,1-7H3,(H2,18,19,20);1H. The monoisotopic (exact) mass is 451 g/mol. The lowest BCUT2D eigenvalue weighted by atomic mass is 10.1. The number of ether oxygens (including phenoxy) is 3. The molecule has 0 aliphatic rings. The summed E-state index contributed by atoms with van der Waals surface area (Å²) >= 11 is 0. The minimum absolute atomic E-state index is 0. The van der Waals surface area contributed by atoms with E-state index < -0.39 is 0 Å². The summed E-state index contributed by atoms with van der Waals surface area (Å²) < 4.78 is 16.2. The van der Waals surface area contributed by atoms with Crippen LogP contribution in [0.4, 0.5) is 0 Å². The summed E-state index contributed by atoms with van der Waals surface area (Å²) in [5.74, 6) is 2.75. The molecule has 0 saturated carbocycles. The Bertz CT molecular complexity index is 543.